The van der Waals surface area contributed by atoms with E-state index in [0.717, 1.165) is 12.8 Å². The molecule has 0 bridgehead atoms. The van der Waals surface area contributed by atoms with Gasteiger partial charge in [0.2, 0.25) is 0 Å². The summed E-state index contributed by atoms with van der Waals surface area (Å²) >= 11 is 0. The summed E-state index contributed by atoms with van der Waals surface area (Å²) in [7, 11) is 0. The summed E-state index contributed by atoms with van der Waals surface area (Å²) in [6.45, 7) is 9.62. The normalized spacial score (nSPS) is 12.3. The lowest BCUT2D eigenvalue weighted by Gasteiger charge is -2.13. The third-order valence-electron chi connectivity index (χ3n) is 3.51. The molecule has 0 N–H and O–H groups in total. The van der Waals surface area contributed by atoms with Crippen molar-refractivity contribution in [2.75, 3.05) is 13.2 Å². The van der Waals surface area contributed by atoms with E-state index < -0.39 is 0 Å². The SMILES string of the molecule is CCCCCCC=C(OCC)OC(=CCCCCCC)OCC. The van der Waals surface area contributed by atoms with Crippen LogP contribution in [0.2, 0.25) is 0 Å². The maximum atomic E-state index is 5.82. The van der Waals surface area contributed by atoms with Crippen molar-refractivity contribution >= 4 is 0 Å². The summed E-state index contributed by atoms with van der Waals surface area (Å²) < 4.78 is 17.0. The molecule has 3 heteroatoms. The van der Waals surface area contributed by atoms with Crippen molar-refractivity contribution in [3.63, 3.8) is 0 Å². The number of hydrogen-bond donors (Lipinski definition) is 0. The van der Waals surface area contributed by atoms with Crippen molar-refractivity contribution in [3.8, 4) is 0 Å². The van der Waals surface area contributed by atoms with Crippen molar-refractivity contribution in [1.82, 2.24) is 0 Å². The standard InChI is InChI=1S/C20H38O3/c1-5-9-11-13-15-17-19(21-7-3)23-20(22-8-4)18-16-14-12-10-6-2/h17-18H,5-16H2,1-4H3. The van der Waals surface area contributed by atoms with Crippen molar-refractivity contribution in [1.29, 1.82) is 0 Å². The van der Waals surface area contributed by atoms with Gasteiger partial charge >= 0.3 is 0 Å². The Kier molecular flexibility index (Phi) is 16.4. The first-order valence-electron chi connectivity index (χ1n) is 9.62. The van der Waals surface area contributed by atoms with E-state index in [0.29, 0.717) is 25.1 Å². The van der Waals surface area contributed by atoms with E-state index >= 15 is 0 Å². The highest BCUT2D eigenvalue weighted by Crippen LogP contribution is 2.14. The third kappa shape index (κ3) is 14.2. The van der Waals surface area contributed by atoms with Crippen molar-refractivity contribution in [3.05, 3.63) is 24.0 Å². The number of hydrogen-bond acceptors (Lipinski definition) is 3. The van der Waals surface area contributed by atoms with E-state index in [-0.39, 0.29) is 0 Å². The van der Waals surface area contributed by atoms with Crippen LogP contribution in [0.25, 0.3) is 0 Å². The van der Waals surface area contributed by atoms with E-state index in [4.69, 9.17) is 14.2 Å². The average molecular weight is 327 g/mol. The molecule has 0 unspecified atom stereocenters. The molecule has 0 aromatic heterocycles. The van der Waals surface area contributed by atoms with Gasteiger partial charge in [0.05, 0.1) is 13.2 Å². The lowest BCUT2D eigenvalue weighted by molar-refractivity contribution is -0.000770. The van der Waals surface area contributed by atoms with Gasteiger partial charge in [-0.25, -0.2) is 0 Å². The Morgan fingerprint density at radius 1 is 0.609 bits per heavy atom. The van der Waals surface area contributed by atoms with Crippen molar-refractivity contribution in [2.24, 2.45) is 0 Å². The van der Waals surface area contributed by atoms with Gasteiger partial charge in [-0.15, -0.1) is 0 Å². The van der Waals surface area contributed by atoms with Gasteiger partial charge in [0.1, 0.15) is 0 Å². The quantitative estimate of drug-likeness (QED) is 0.233. The molecule has 0 saturated heterocycles. The summed E-state index contributed by atoms with van der Waals surface area (Å²) in [6.07, 6.45) is 16.1. The molecular weight excluding hydrogens is 288 g/mol. The van der Waals surface area contributed by atoms with Gasteiger partial charge in [-0.3, -0.25) is 0 Å². The maximum absolute atomic E-state index is 5.82. The van der Waals surface area contributed by atoms with Gasteiger partial charge in [-0.1, -0.05) is 52.4 Å². The van der Waals surface area contributed by atoms with Gasteiger partial charge in [0.25, 0.3) is 11.9 Å². The van der Waals surface area contributed by atoms with Crippen molar-refractivity contribution in [2.45, 2.75) is 91.9 Å². The monoisotopic (exact) mass is 326 g/mol. The second kappa shape index (κ2) is 17.2. The maximum Gasteiger partial charge on any atom is 0.282 e. The minimum Gasteiger partial charge on any atom is -0.466 e. The van der Waals surface area contributed by atoms with E-state index in [2.05, 4.69) is 13.8 Å². The molecule has 0 aliphatic heterocycles. The fourth-order valence-corrected chi connectivity index (χ4v) is 2.23. The number of ether oxygens (including phenoxy) is 3. The van der Waals surface area contributed by atoms with Crippen LogP contribution in [0.4, 0.5) is 0 Å². The zero-order valence-corrected chi connectivity index (χ0v) is 15.9. The van der Waals surface area contributed by atoms with E-state index in [1.807, 2.05) is 26.0 Å². The predicted octanol–water partition coefficient (Wildman–Crippen LogP) is 6.70. The van der Waals surface area contributed by atoms with Crippen molar-refractivity contribution < 1.29 is 14.2 Å². The minimum atomic E-state index is 0.581. The first kappa shape index (κ1) is 21.9. The highest BCUT2D eigenvalue weighted by molar-refractivity contribution is 4.92. The molecule has 0 rings (SSSR count). The van der Waals surface area contributed by atoms with Crippen LogP contribution in [0.1, 0.15) is 91.9 Å². The first-order chi connectivity index (χ1) is 11.3. The molecule has 0 amide bonds. The Balaban J connectivity index is 4.37. The van der Waals surface area contributed by atoms with Crippen LogP contribution in [0.3, 0.4) is 0 Å². The largest absolute Gasteiger partial charge is 0.466 e. The second-order valence-corrected chi connectivity index (χ2v) is 5.71. The zero-order valence-electron chi connectivity index (χ0n) is 15.9. The molecule has 0 aliphatic rings. The Morgan fingerprint density at radius 3 is 1.39 bits per heavy atom. The van der Waals surface area contributed by atoms with Gasteiger partial charge in [0.15, 0.2) is 0 Å². The van der Waals surface area contributed by atoms with Gasteiger partial charge in [-0.2, -0.15) is 0 Å². The number of unbranched alkanes of at least 4 members (excludes halogenated alkanes) is 8. The lowest BCUT2D eigenvalue weighted by Crippen LogP contribution is -2.02. The highest BCUT2D eigenvalue weighted by Gasteiger charge is 2.05. The van der Waals surface area contributed by atoms with Crippen LogP contribution >= 0.6 is 0 Å². The van der Waals surface area contributed by atoms with E-state index in [9.17, 15) is 0 Å². The Morgan fingerprint density at radius 2 is 1.04 bits per heavy atom. The molecular formula is C20H38O3. The molecule has 0 heterocycles. The van der Waals surface area contributed by atoms with Gasteiger partial charge in [0, 0.05) is 0 Å². The van der Waals surface area contributed by atoms with Crippen LogP contribution in [-0.2, 0) is 14.2 Å². The molecule has 3 nitrogen and oxygen atoms in total. The molecule has 0 aliphatic carbocycles. The van der Waals surface area contributed by atoms with E-state index in [1.165, 1.54) is 51.4 Å². The molecule has 0 radical (unpaired) electrons. The lowest BCUT2D eigenvalue weighted by atomic mass is 10.1. The van der Waals surface area contributed by atoms with Crippen LogP contribution in [0.5, 0.6) is 0 Å². The molecule has 136 valence electrons. The Labute approximate surface area is 144 Å². The Hall–Kier alpha value is -1.12. The molecule has 0 aromatic carbocycles. The van der Waals surface area contributed by atoms with Crippen LogP contribution in [-0.4, -0.2) is 13.2 Å². The summed E-state index contributed by atoms with van der Waals surface area (Å²) in [5.41, 5.74) is 0. The first-order valence-corrected chi connectivity index (χ1v) is 9.62. The second-order valence-electron chi connectivity index (χ2n) is 5.71. The molecule has 23 heavy (non-hydrogen) atoms. The van der Waals surface area contributed by atoms with Gasteiger partial charge in [-0.05, 0) is 51.7 Å². The molecule has 0 spiro atoms. The smallest absolute Gasteiger partial charge is 0.282 e. The molecule has 0 saturated carbocycles. The van der Waals surface area contributed by atoms with Crippen LogP contribution in [0, 0.1) is 0 Å². The number of rotatable bonds is 16. The summed E-state index contributed by atoms with van der Waals surface area (Å²) in [6, 6.07) is 0. The summed E-state index contributed by atoms with van der Waals surface area (Å²) in [5.74, 6) is 1.16. The van der Waals surface area contributed by atoms with Crippen LogP contribution < -0.4 is 0 Å². The Bertz CT molecular complexity index is 278. The highest BCUT2D eigenvalue weighted by atomic mass is 16.7. The minimum absolute atomic E-state index is 0.581. The fourth-order valence-electron chi connectivity index (χ4n) is 2.23. The molecule has 0 fully saturated rings. The molecule has 0 aromatic rings. The zero-order chi connectivity index (χ0) is 17.2. The topological polar surface area (TPSA) is 27.7 Å². The van der Waals surface area contributed by atoms with E-state index in [1.54, 1.807) is 0 Å². The van der Waals surface area contributed by atoms with Gasteiger partial charge < -0.3 is 14.2 Å². The average Bonchev–Trinajstić information content (AvgIpc) is 2.54. The molecule has 0 atom stereocenters. The third-order valence-corrected chi connectivity index (χ3v) is 3.51. The summed E-state index contributed by atoms with van der Waals surface area (Å²) in [5, 5.41) is 0. The van der Waals surface area contributed by atoms with Crippen LogP contribution in [0.15, 0.2) is 24.0 Å². The number of allylic oxidation sites excluding steroid dienone is 2. The predicted molar refractivity (Wildman–Crippen MR) is 98.0 cm³/mol. The fraction of sp³-hybridized carbons (Fsp3) is 0.800. The summed E-state index contributed by atoms with van der Waals surface area (Å²) in [4.78, 5) is 0.